The van der Waals surface area contributed by atoms with Gasteiger partial charge in [0.05, 0.1) is 10.7 Å². The van der Waals surface area contributed by atoms with E-state index in [0.717, 1.165) is 4.90 Å². The number of halogens is 1. The van der Waals surface area contributed by atoms with Crippen molar-refractivity contribution < 1.29 is 14.7 Å². The molecule has 1 amide bonds. The summed E-state index contributed by atoms with van der Waals surface area (Å²) in [7, 11) is -1.17. The topological polar surface area (TPSA) is 66.4 Å². The Kier molecular flexibility index (Phi) is 5.01. The first-order valence-electron chi connectivity index (χ1n) is 5.60. The van der Waals surface area contributed by atoms with Gasteiger partial charge in [-0.1, -0.05) is 11.6 Å². The van der Waals surface area contributed by atoms with Crippen LogP contribution in [0.3, 0.4) is 0 Å². The molecule has 0 aliphatic carbocycles. The van der Waals surface area contributed by atoms with E-state index in [1.54, 1.807) is 12.1 Å². The number of nitrogens with one attached hydrogen (secondary N) is 1. The number of carbonyl (C=O) groups is 2. The third kappa shape index (κ3) is 3.96. The lowest BCUT2D eigenvalue weighted by Gasteiger charge is -2.29. The molecule has 4 nitrogen and oxygen atoms in total. The summed E-state index contributed by atoms with van der Waals surface area (Å²) in [4.78, 5) is 23.7. The second kappa shape index (κ2) is 5.94. The molecule has 0 radical (unpaired) electrons. The van der Waals surface area contributed by atoms with Crippen molar-refractivity contribution in [2.75, 3.05) is 30.7 Å². The smallest absolute Gasteiger partial charge is 0.221 e. The van der Waals surface area contributed by atoms with Crippen LogP contribution in [0.2, 0.25) is 5.02 Å². The Morgan fingerprint density at radius 1 is 1.32 bits per heavy atom. The van der Waals surface area contributed by atoms with E-state index in [0.29, 0.717) is 5.69 Å². The molecule has 6 heteroatoms. The molecular weight excluding hydrogens is 286 g/mol. The lowest BCUT2D eigenvalue weighted by molar-refractivity contribution is -0.114. The number of hydrogen-bond donors (Lipinski definition) is 2. The van der Waals surface area contributed by atoms with E-state index in [-0.39, 0.29) is 16.5 Å². The highest BCUT2D eigenvalue weighted by Crippen LogP contribution is 2.50. The first-order valence-corrected chi connectivity index (χ1v) is 8.84. The van der Waals surface area contributed by atoms with E-state index in [2.05, 4.69) is 24.1 Å². The lowest BCUT2D eigenvalue weighted by atomic mass is 10.1. The molecule has 0 atom stereocenters. The molecule has 0 saturated heterocycles. The zero-order valence-electron chi connectivity index (χ0n) is 11.4. The van der Waals surface area contributed by atoms with Gasteiger partial charge >= 0.3 is 0 Å². The number of ketones is 1. The summed E-state index contributed by atoms with van der Waals surface area (Å²) in [5.74, 6) is -0.619. The minimum Gasteiger partial charge on any atom is -0.388 e. The third-order valence-corrected chi connectivity index (χ3v) is 4.45. The normalized spacial score (nSPS) is 12.1. The van der Waals surface area contributed by atoms with Crippen molar-refractivity contribution in [3.05, 3.63) is 22.7 Å². The third-order valence-electron chi connectivity index (χ3n) is 2.48. The van der Waals surface area contributed by atoms with Gasteiger partial charge in [-0.05, 0) is 30.9 Å². The predicted octanol–water partition coefficient (Wildman–Crippen LogP) is 2.53. The van der Waals surface area contributed by atoms with Crippen molar-refractivity contribution in [3.8, 4) is 0 Å². The summed E-state index contributed by atoms with van der Waals surface area (Å²) in [6, 6.07) is 3.24. The number of hydrogen-bond acceptors (Lipinski definition) is 3. The Morgan fingerprint density at radius 2 is 1.89 bits per heavy atom. The molecule has 0 spiro atoms. The van der Waals surface area contributed by atoms with Gasteiger partial charge in [0.2, 0.25) is 5.91 Å². The second-order valence-corrected chi connectivity index (χ2v) is 9.45. The van der Waals surface area contributed by atoms with Crippen molar-refractivity contribution in [2.45, 2.75) is 11.8 Å². The molecule has 0 unspecified atom stereocenters. The van der Waals surface area contributed by atoms with Crippen LogP contribution in [0.4, 0.5) is 5.69 Å². The molecule has 19 heavy (non-hydrogen) atoms. The number of benzene rings is 1. The van der Waals surface area contributed by atoms with Crippen LogP contribution in [0.5, 0.6) is 0 Å². The van der Waals surface area contributed by atoms with Crippen LogP contribution >= 0.6 is 21.6 Å². The molecule has 2 N–H and O–H groups in total. The summed E-state index contributed by atoms with van der Waals surface area (Å²) >= 11 is 6.03. The first-order chi connectivity index (χ1) is 8.66. The number of aliphatic hydroxyl groups is 1. The van der Waals surface area contributed by atoms with Gasteiger partial charge in [0.25, 0.3) is 0 Å². The summed E-state index contributed by atoms with van der Waals surface area (Å²) in [6.45, 7) is 0.834. The maximum Gasteiger partial charge on any atom is 0.221 e. The molecule has 0 aliphatic rings. The van der Waals surface area contributed by atoms with Gasteiger partial charge in [0.1, 0.15) is 6.61 Å². The zero-order valence-corrected chi connectivity index (χ0v) is 13.0. The van der Waals surface area contributed by atoms with Crippen molar-refractivity contribution in [3.63, 3.8) is 0 Å². The molecule has 0 heterocycles. The number of amides is 1. The molecule has 1 aromatic carbocycles. The minimum absolute atomic E-state index is 0.192. The van der Waals surface area contributed by atoms with Gasteiger partial charge in [-0.25, -0.2) is 10.0 Å². The van der Waals surface area contributed by atoms with Crippen LogP contribution in [0.25, 0.3) is 0 Å². The van der Waals surface area contributed by atoms with E-state index in [1.807, 2.05) is 0 Å². The highest BCUT2D eigenvalue weighted by Gasteiger charge is 2.20. The molecule has 0 fully saturated rings. The van der Waals surface area contributed by atoms with Crippen molar-refractivity contribution >= 4 is 39.0 Å². The maximum absolute atomic E-state index is 11.6. The molecule has 0 saturated carbocycles. The summed E-state index contributed by atoms with van der Waals surface area (Å²) < 4.78 is 0. The number of aliphatic hydroxyl groups excluding tert-OH is 1. The number of carbonyl (C=O) groups excluding carboxylic acids is 2. The van der Waals surface area contributed by atoms with E-state index >= 15 is 0 Å². The van der Waals surface area contributed by atoms with E-state index < -0.39 is 22.4 Å². The molecular formula is C13H18ClNO3S. The standard InChI is InChI=1S/C13H18ClNO3S/c1-8(17)15-11-6-10(14)9(12(18)7-16)5-13(11)19(2,3)4/h5-6,16H,7H2,1-4H3,(H,15,17). The first kappa shape index (κ1) is 16.0. The Hall–Kier alpha value is -1.04. The van der Waals surface area contributed by atoms with Crippen LogP contribution in [-0.4, -0.2) is 42.2 Å². The number of rotatable bonds is 4. The monoisotopic (exact) mass is 303 g/mol. The van der Waals surface area contributed by atoms with Crippen LogP contribution in [0, 0.1) is 0 Å². The van der Waals surface area contributed by atoms with Gasteiger partial charge in [-0.3, -0.25) is 9.59 Å². The second-order valence-electron chi connectivity index (χ2n) is 4.93. The fourth-order valence-corrected chi connectivity index (χ4v) is 3.16. The van der Waals surface area contributed by atoms with E-state index in [4.69, 9.17) is 16.7 Å². The molecule has 106 valence electrons. The fourth-order valence-electron chi connectivity index (χ4n) is 1.65. The van der Waals surface area contributed by atoms with Gasteiger partial charge in [0, 0.05) is 17.4 Å². The Morgan fingerprint density at radius 3 is 2.32 bits per heavy atom. The Bertz CT molecular complexity index is 523. The highest BCUT2D eigenvalue weighted by atomic mass is 35.5. The van der Waals surface area contributed by atoms with Crippen LogP contribution in [0.1, 0.15) is 17.3 Å². The summed E-state index contributed by atoms with van der Waals surface area (Å²) in [5.41, 5.74) is 0.908. The molecule has 0 bridgehead atoms. The SMILES string of the molecule is CC(=O)Nc1cc(Cl)c(C(=O)CO)cc1S(C)(C)C. The summed E-state index contributed by atoms with van der Waals surface area (Å²) in [6.07, 6.45) is 6.15. The largest absolute Gasteiger partial charge is 0.388 e. The van der Waals surface area contributed by atoms with Gasteiger partial charge in [0.15, 0.2) is 5.78 Å². The average Bonchev–Trinajstić information content (AvgIpc) is 2.25. The van der Waals surface area contributed by atoms with Gasteiger partial charge in [-0.15, -0.1) is 0 Å². The molecule has 0 aliphatic heterocycles. The Labute approximate surface area is 119 Å². The number of Topliss-reactive ketones (excluding diaryl/α,β-unsaturated/α-hetero) is 1. The van der Waals surface area contributed by atoms with E-state index in [9.17, 15) is 9.59 Å². The quantitative estimate of drug-likeness (QED) is 0.840. The van der Waals surface area contributed by atoms with Gasteiger partial charge < -0.3 is 10.4 Å². The lowest BCUT2D eigenvalue weighted by Crippen LogP contribution is -2.12. The van der Waals surface area contributed by atoms with Crippen LogP contribution < -0.4 is 5.32 Å². The van der Waals surface area contributed by atoms with Crippen molar-refractivity contribution in [1.29, 1.82) is 0 Å². The maximum atomic E-state index is 11.6. The molecule has 1 rings (SSSR count). The highest BCUT2D eigenvalue weighted by molar-refractivity contribution is 8.32. The van der Waals surface area contributed by atoms with E-state index in [1.165, 1.54) is 6.92 Å². The summed E-state index contributed by atoms with van der Waals surface area (Å²) in [5, 5.41) is 11.9. The van der Waals surface area contributed by atoms with Crippen LogP contribution in [-0.2, 0) is 4.79 Å². The average molecular weight is 304 g/mol. The minimum atomic E-state index is -1.17. The van der Waals surface area contributed by atoms with Crippen molar-refractivity contribution in [1.82, 2.24) is 0 Å². The molecule has 0 aromatic heterocycles. The van der Waals surface area contributed by atoms with Gasteiger partial charge in [-0.2, -0.15) is 0 Å². The Balaban J connectivity index is 3.45. The fraction of sp³-hybridized carbons (Fsp3) is 0.385. The zero-order chi connectivity index (χ0) is 14.8. The van der Waals surface area contributed by atoms with Crippen molar-refractivity contribution in [2.24, 2.45) is 0 Å². The van der Waals surface area contributed by atoms with Crippen LogP contribution in [0.15, 0.2) is 17.0 Å². The molecule has 1 aromatic rings. The number of anilines is 1. The predicted molar refractivity (Wildman–Crippen MR) is 80.8 cm³/mol.